The smallest absolute Gasteiger partial charge is 0.427 e. The molecule has 0 saturated carbocycles. The predicted octanol–water partition coefficient (Wildman–Crippen LogP) is 0.904. The van der Waals surface area contributed by atoms with Gasteiger partial charge < -0.3 is 4.74 Å². The number of methoxy groups -OCH3 is 1. The van der Waals surface area contributed by atoms with E-state index in [0.29, 0.717) is 0 Å². The Morgan fingerprint density at radius 2 is 2.40 bits per heavy atom. The van der Waals surface area contributed by atoms with E-state index in [4.69, 9.17) is 0 Å². The van der Waals surface area contributed by atoms with Gasteiger partial charge in [0.25, 0.3) is 0 Å². The van der Waals surface area contributed by atoms with Crippen LogP contribution in [0.15, 0.2) is 17.3 Å². The lowest BCUT2D eigenvalue weighted by Gasteiger charge is -1.92. The van der Waals surface area contributed by atoms with Crippen LogP contribution in [0.25, 0.3) is 0 Å². The van der Waals surface area contributed by atoms with Gasteiger partial charge in [-0.2, -0.15) is 5.10 Å². The van der Waals surface area contributed by atoms with E-state index in [0.717, 1.165) is 0 Å². The van der Waals surface area contributed by atoms with Gasteiger partial charge in [0, 0.05) is 6.21 Å². The topological polar surface area (TPSA) is 50.7 Å². The molecule has 0 atom stereocenters. The van der Waals surface area contributed by atoms with Crippen molar-refractivity contribution in [2.45, 2.75) is 6.92 Å². The molecule has 0 saturated heterocycles. The number of nitrogens with one attached hydrogen (secondary N) is 1. The minimum atomic E-state index is -0.569. The molecule has 0 spiro atoms. The highest BCUT2D eigenvalue weighted by molar-refractivity contribution is 5.73. The third-order valence-corrected chi connectivity index (χ3v) is 0.694. The first-order valence-corrected chi connectivity index (χ1v) is 2.79. The average molecular weight is 142 g/mol. The molecule has 0 aromatic carbocycles. The summed E-state index contributed by atoms with van der Waals surface area (Å²) in [5, 5.41) is 3.50. The van der Waals surface area contributed by atoms with Gasteiger partial charge >= 0.3 is 6.09 Å². The number of ether oxygens (including phenoxy) is 1. The van der Waals surface area contributed by atoms with Crippen LogP contribution in [0.4, 0.5) is 4.79 Å². The summed E-state index contributed by atoms with van der Waals surface area (Å²) in [5.41, 5.74) is 2.12. The maximum Gasteiger partial charge on any atom is 0.427 e. The van der Waals surface area contributed by atoms with Crippen LogP contribution in [0.3, 0.4) is 0 Å². The van der Waals surface area contributed by atoms with Gasteiger partial charge in [-0.25, -0.2) is 10.2 Å². The number of hydrogen-bond donors (Lipinski definition) is 1. The zero-order valence-corrected chi connectivity index (χ0v) is 6.00. The van der Waals surface area contributed by atoms with Crippen molar-refractivity contribution < 1.29 is 9.53 Å². The fourth-order valence-corrected chi connectivity index (χ4v) is 0.265. The molecular weight excluding hydrogens is 132 g/mol. The number of rotatable bonds is 2. The monoisotopic (exact) mass is 142 g/mol. The second-order valence-electron chi connectivity index (χ2n) is 1.41. The van der Waals surface area contributed by atoms with Crippen LogP contribution in [0.5, 0.6) is 0 Å². The standard InChI is InChI=1S/C6H10N2O2/c1-3-4-5-7-8-6(9)10-2/h3-5H,1-2H3,(H,8,9). The Morgan fingerprint density at radius 3 is 2.90 bits per heavy atom. The molecule has 0 rings (SSSR count). The highest BCUT2D eigenvalue weighted by Crippen LogP contribution is 1.69. The zero-order chi connectivity index (χ0) is 7.82. The first-order chi connectivity index (χ1) is 4.81. The molecule has 0 aliphatic carbocycles. The molecule has 4 heteroatoms. The van der Waals surface area contributed by atoms with Crippen molar-refractivity contribution in [2.75, 3.05) is 7.11 Å². The normalized spacial score (nSPS) is 10.6. The Bertz CT molecular complexity index is 152. The molecule has 1 N–H and O–H groups in total. The van der Waals surface area contributed by atoms with Crippen LogP contribution in [0.1, 0.15) is 6.92 Å². The van der Waals surface area contributed by atoms with E-state index in [1.807, 2.05) is 6.92 Å². The lowest BCUT2D eigenvalue weighted by atomic mass is 10.6. The summed E-state index contributed by atoms with van der Waals surface area (Å²) >= 11 is 0. The molecule has 10 heavy (non-hydrogen) atoms. The van der Waals surface area contributed by atoms with Crippen LogP contribution in [-0.2, 0) is 4.74 Å². The van der Waals surface area contributed by atoms with E-state index < -0.39 is 6.09 Å². The summed E-state index contributed by atoms with van der Waals surface area (Å²) in [6.07, 6.45) is 4.37. The third-order valence-electron chi connectivity index (χ3n) is 0.694. The van der Waals surface area contributed by atoms with E-state index in [9.17, 15) is 4.79 Å². The highest BCUT2D eigenvalue weighted by Gasteiger charge is 1.89. The van der Waals surface area contributed by atoms with Crippen LogP contribution >= 0.6 is 0 Å². The fourth-order valence-electron chi connectivity index (χ4n) is 0.265. The van der Waals surface area contributed by atoms with Crippen molar-refractivity contribution in [1.29, 1.82) is 0 Å². The first kappa shape index (κ1) is 8.68. The van der Waals surface area contributed by atoms with Gasteiger partial charge in [0.1, 0.15) is 0 Å². The quantitative estimate of drug-likeness (QED) is 0.460. The minimum Gasteiger partial charge on any atom is -0.452 e. The number of allylic oxidation sites excluding steroid dienone is 2. The molecule has 0 aliphatic heterocycles. The number of hydrazone groups is 1. The van der Waals surface area contributed by atoms with Crippen molar-refractivity contribution >= 4 is 12.3 Å². The SMILES string of the molecule is CC=CC=NNC(=O)OC. The molecule has 56 valence electrons. The summed E-state index contributed by atoms with van der Waals surface area (Å²) in [6, 6.07) is 0. The lowest BCUT2D eigenvalue weighted by Crippen LogP contribution is -2.16. The molecule has 0 fully saturated rings. The molecule has 0 heterocycles. The molecule has 0 aromatic heterocycles. The van der Waals surface area contributed by atoms with Gasteiger partial charge in [-0.05, 0) is 13.0 Å². The molecule has 1 amide bonds. The van der Waals surface area contributed by atoms with E-state index in [1.54, 1.807) is 12.2 Å². The molecular formula is C6H10N2O2. The van der Waals surface area contributed by atoms with Crippen molar-refractivity contribution in [2.24, 2.45) is 5.10 Å². The second kappa shape index (κ2) is 5.81. The average Bonchev–Trinajstić information content (AvgIpc) is 1.98. The number of nitrogens with zero attached hydrogens (tertiary/aromatic N) is 1. The largest absolute Gasteiger partial charge is 0.452 e. The molecule has 0 unspecified atom stereocenters. The second-order valence-corrected chi connectivity index (χ2v) is 1.41. The minimum absolute atomic E-state index is 0.569. The predicted molar refractivity (Wildman–Crippen MR) is 38.8 cm³/mol. The molecule has 0 bridgehead atoms. The summed E-state index contributed by atoms with van der Waals surface area (Å²) in [4.78, 5) is 10.3. The zero-order valence-electron chi connectivity index (χ0n) is 6.00. The van der Waals surface area contributed by atoms with Crippen LogP contribution in [0.2, 0.25) is 0 Å². The van der Waals surface area contributed by atoms with Gasteiger partial charge in [0.15, 0.2) is 0 Å². The molecule has 4 nitrogen and oxygen atoms in total. The van der Waals surface area contributed by atoms with Crippen molar-refractivity contribution in [3.63, 3.8) is 0 Å². The number of amides is 1. The summed E-state index contributed by atoms with van der Waals surface area (Å²) in [7, 11) is 1.28. The van der Waals surface area contributed by atoms with Gasteiger partial charge in [-0.3, -0.25) is 0 Å². The third kappa shape index (κ3) is 4.83. The Hall–Kier alpha value is -1.32. The van der Waals surface area contributed by atoms with Gasteiger partial charge in [0.2, 0.25) is 0 Å². The van der Waals surface area contributed by atoms with E-state index in [2.05, 4.69) is 15.3 Å². The van der Waals surface area contributed by atoms with Gasteiger partial charge in [-0.1, -0.05) is 6.08 Å². The fraction of sp³-hybridized carbons (Fsp3) is 0.333. The van der Waals surface area contributed by atoms with Crippen LogP contribution in [0, 0.1) is 0 Å². The lowest BCUT2D eigenvalue weighted by molar-refractivity contribution is 0.171. The molecule has 0 radical (unpaired) electrons. The maximum absolute atomic E-state index is 10.3. The van der Waals surface area contributed by atoms with Crippen molar-refractivity contribution in [3.05, 3.63) is 12.2 Å². The first-order valence-electron chi connectivity index (χ1n) is 2.79. The number of carbonyl (C=O) groups is 1. The summed E-state index contributed by atoms with van der Waals surface area (Å²) < 4.78 is 4.24. The molecule has 0 aliphatic rings. The van der Waals surface area contributed by atoms with Crippen molar-refractivity contribution in [1.82, 2.24) is 5.43 Å². The van der Waals surface area contributed by atoms with E-state index in [-0.39, 0.29) is 0 Å². The van der Waals surface area contributed by atoms with E-state index >= 15 is 0 Å². The molecule has 0 aromatic rings. The Morgan fingerprint density at radius 1 is 1.70 bits per heavy atom. The number of hydrogen-bond acceptors (Lipinski definition) is 3. The highest BCUT2D eigenvalue weighted by atomic mass is 16.5. The van der Waals surface area contributed by atoms with Gasteiger partial charge in [0.05, 0.1) is 7.11 Å². The summed E-state index contributed by atoms with van der Waals surface area (Å²) in [6.45, 7) is 1.85. The Balaban J connectivity index is 3.43. The number of carbonyl (C=O) groups excluding carboxylic acids is 1. The Labute approximate surface area is 59.6 Å². The van der Waals surface area contributed by atoms with Crippen LogP contribution in [-0.4, -0.2) is 19.4 Å². The maximum atomic E-state index is 10.3. The summed E-state index contributed by atoms with van der Waals surface area (Å²) in [5.74, 6) is 0. The van der Waals surface area contributed by atoms with Gasteiger partial charge in [-0.15, -0.1) is 0 Å². The van der Waals surface area contributed by atoms with Crippen molar-refractivity contribution in [3.8, 4) is 0 Å². The Kier molecular flexibility index (Phi) is 5.04. The van der Waals surface area contributed by atoms with Crippen LogP contribution < -0.4 is 5.43 Å². The van der Waals surface area contributed by atoms with E-state index in [1.165, 1.54) is 13.3 Å².